The van der Waals surface area contributed by atoms with E-state index in [0.29, 0.717) is 0 Å². The lowest BCUT2D eigenvalue weighted by Gasteiger charge is -2.28. The van der Waals surface area contributed by atoms with Crippen LogP contribution in [0, 0.1) is 29.6 Å². The van der Waals surface area contributed by atoms with E-state index in [1.54, 1.807) is 0 Å². The Bertz CT molecular complexity index is 470. The van der Waals surface area contributed by atoms with E-state index in [4.69, 9.17) is 0 Å². The normalized spacial score (nSPS) is 42.1. The fourth-order valence-electron chi connectivity index (χ4n) is 3.84. The van der Waals surface area contributed by atoms with Gasteiger partial charge in [0.05, 0.1) is 11.8 Å². The van der Waals surface area contributed by atoms with Crippen molar-refractivity contribution >= 4 is 17.8 Å². The van der Waals surface area contributed by atoms with Gasteiger partial charge in [0.25, 0.3) is 0 Å². The van der Waals surface area contributed by atoms with Gasteiger partial charge >= 0.3 is 5.97 Å². The minimum Gasteiger partial charge on any atom is -0.481 e. The highest BCUT2D eigenvalue weighted by Crippen LogP contribution is 2.52. The predicted molar refractivity (Wildman–Crippen MR) is 61.2 cm³/mol. The van der Waals surface area contributed by atoms with Gasteiger partial charge in [-0.2, -0.15) is 0 Å². The SMILES string of the molecule is CN1C(=O)CC([C@@H]2[C@@H](C(=O)O)[C@@H]3C=C[C@@H]2C3)C1=O. The summed E-state index contributed by atoms with van der Waals surface area (Å²) in [5.74, 6) is -2.23. The smallest absolute Gasteiger partial charge is 0.307 e. The topological polar surface area (TPSA) is 74.7 Å². The molecule has 96 valence electrons. The second-order valence-corrected chi connectivity index (χ2v) is 5.49. The van der Waals surface area contributed by atoms with Crippen LogP contribution in [0.5, 0.6) is 0 Å². The molecule has 0 spiro atoms. The number of rotatable bonds is 2. The van der Waals surface area contributed by atoms with E-state index in [0.717, 1.165) is 11.3 Å². The summed E-state index contributed by atoms with van der Waals surface area (Å²) in [4.78, 5) is 36.1. The van der Waals surface area contributed by atoms with E-state index in [-0.39, 0.29) is 36.0 Å². The van der Waals surface area contributed by atoms with Gasteiger partial charge in [-0.25, -0.2) is 0 Å². The highest BCUT2D eigenvalue weighted by Gasteiger charge is 2.55. The summed E-state index contributed by atoms with van der Waals surface area (Å²) < 4.78 is 0. The average molecular weight is 249 g/mol. The second kappa shape index (κ2) is 3.67. The van der Waals surface area contributed by atoms with Gasteiger partial charge in [-0.3, -0.25) is 19.3 Å². The number of hydrogen-bond donors (Lipinski definition) is 1. The van der Waals surface area contributed by atoms with Crippen LogP contribution in [0.3, 0.4) is 0 Å². The van der Waals surface area contributed by atoms with Crippen LogP contribution in [0.15, 0.2) is 12.2 Å². The maximum atomic E-state index is 12.0. The zero-order valence-corrected chi connectivity index (χ0v) is 10.1. The third-order valence-corrected chi connectivity index (χ3v) is 4.69. The van der Waals surface area contributed by atoms with Gasteiger partial charge in [0, 0.05) is 13.5 Å². The van der Waals surface area contributed by atoms with E-state index in [1.165, 1.54) is 7.05 Å². The number of allylic oxidation sites excluding steroid dienone is 2. The zero-order valence-electron chi connectivity index (χ0n) is 10.1. The molecule has 0 aromatic carbocycles. The molecular formula is C13H15NO4. The summed E-state index contributed by atoms with van der Waals surface area (Å²) in [6.45, 7) is 0. The van der Waals surface area contributed by atoms with Gasteiger partial charge in [-0.05, 0) is 24.2 Å². The lowest BCUT2D eigenvalue weighted by molar-refractivity contribution is -0.146. The monoisotopic (exact) mass is 249 g/mol. The first-order valence-corrected chi connectivity index (χ1v) is 6.22. The third-order valence-electron chi connectivity index (χ3n) is 4.69. The molecule has 0 aromatic rings. The molecule has 18 heavy (non-hydrogen) atoms. The van der Waals surface area contributed by atoms with Gasteiger partial charge in [-0.15, -0.1) is 0 Å². The maximum Gasteiger partial charge on any atom is 0.307 e. The first kappa shape index (κ1) is 11.4. The molecule has 3 rings (SSSR count). The molecule has 1 unspecified atom stereocenters. The van der Waals surface area contributed by atoms with Crippen molar-refractivity contribution in [2.75, 3.05) is 7.05 Å². The minimum atomic E-state index is -0.841. The predicted octanol–water partition coefficient (Wildman–Crippen LogP) is 0.514. The van der Waals surface area contributed by atoms with Crippen molar-refractivity contribution in [1.29, 1.82) is 0 Å². The van der Waals surface area contributed by atoms with Crippen molar-refractivity contribution in [2.24, 2.45) is 29.6 Å². The first-order chi connectivity index (χ1) is 8.50. The van der Waals surface area contributed by atoms with Crippen molar-refractivity contribution in [2.45, 2.75) is 12.8 Å². The molecule has 1 aliphatic heterocycles. The summed E-state index contributed by atoms with van der Waals surface area (Å²) in [5.41, 5.74) is 0. The molecule has 0 aromatic heterocycles. The standard InChI is InChI=1S/C13H15NO4/c1-14-9(15)5-8(12(14)16)10-6-2-3-7(4-6)11(10)13(17)18/h2-3,6-8,10-11H,4-5H2,1H3,(H,17,18)/t6-,7-,8?,10-,11+/m1/s1. The molecule has 1 N–H and O–H groups in total. The van der Waals surface area contributed by atoms with E-state index in [2.05, 4.69) is 0 Å². The van der Waals surface area contributed by atoms with Crippen LogP contribution in [0.1, 0.15) is 12.8 Å². The van der Waals surface area contributed by atoms with Crippen molar-refractivity contribution in [3.63, 3.8) is 0 Å². The fraction of sp³-hybridized carbons (Fsp3) is 0.615. The van der Waals surface area contributed by atoms with Crippen LogP contribution in [0.4, 0.5) is 0 Å². The van der Waals surface area contributed by atoms with Crippen LogP contribution in [-0.4, -0.2) is 34.8 Å². The number of carboxylic acids is 1. The molecular weight excluding hydrogens is 234 g/mol. The Labute approximate surface area is 104 Å². The largest absolute Gasteiger partial charge is 0.481 e. The van der Waals surface area contributed by atoms with Crippen molar-refractivity contribution in [1.82, 2.24) is 4.90 Å². The summed E-state index contributed by atoms with van der Waals surface area (Å²) in [6.07, 6.45) is 4.94. The van der Waals surface area contributed by atoms with Crippen molar-refractivity contribution < 1.29 is 19.5 Å². The number of imide groups is 1. The molecule has 1 heterocycles. The van der Waals surface area contributed by atoms with Crippen molar-refractivity contribution in [3.05, 3.63) is 12.2 Å². The Morgan fingerprint density at radius 1 is 1.33 bits per heavy atom. The Morgan fingerprint density at radius 3 is 2.56 bits per heavy atom. The maximum absolute atomic E-state index is 12.0. The molecule has 2 aliphatic carbocycles. The molecule has 5 atom stereocenters. The lowest BCUT2D eigenvalue weighted by atomic mass is 9.74. The van der Waals surface area contributed by atoms with E-state index < -0.39 is 17.8 Å². The van der Waals surface area contributed by atoms with Crippen molar-refractivity contribution in [3.8, 4) is 0 Å². The van der Waals surface area contributed by atoms with E-state index in [1.807, 2.05) is 12.2 Å². The Morgan fingerprint density at radius 2 is 2.00 bits per heavy atom. The number of carbonyl (C=O) groups excluding carboxylic acids is 2. The highest BCUT2D eigenvalue weighted by molar-refractivity contribution is 6.03. The number of amides is 2. The zero-order chi connectivity index (χ0) is 13.0. The van der Waals surface area contributed by atoms with Crippen LogP contribution >= 0.6 is 0 Å². The number of fused-ring (bicyclic) bond motifs is 2. The number of carbonyl (C=O) groups is 3. The van der Waals surface area contributed by atoms with Gasteiger partial charge in [-0.1, -0.05) is 12.2 Å². The molecule has 5 nitrogen and oxygen atoms in total. The molecule has 5 heteroatoms. The molecule has 2 amide bonds. The van der Waals surface area contributed by atoms with Gasteiger partial charge in [0.2, 0.25) is 11.8 Å². The minimum absolute atomic E-state index is 0.0336. The summed E-state index contributed by atoms with van der Waals surface area (Å²) in [6, 6.07) is 0. The Balaban J connectivity index is 1.92. The van der Waals surface area contributed by atoms with Gasteiger partial charge in [0.15, 0.2) is 0 Å². The van der Waals surface area contributed by atoms with Crippen LogP contribution < -0.4 is 0 Å². The Hall–Kier alpha value is -1.65. The van der Waals surface area contributed by atoms with Crippen LogP contribution in [0.25, 0.3) is 0 Å². The van der Waals surface area contributed by atoms with Gasteiger partial charge < -0.3 is 5.11 Å². The number of hydrogen-bond acceptors (Lipinski definition) is 3. The molecule has 2 bridgehead atoms. The highest BCUT2D eigenvalue weighted by atomic mass is 16.4. The number of aliphatic carboxylic acids is 1. The summed E-state index contributed by atoms with van der Waals surface area (Å²) >= 11 is 0. The lowest BCUT2D eigenvalue weighted by Crippen LogP contribution is -2.36. The van der Waals surface area contributed by atoms with E-state index in [9.17, 15) is 19.5 Å². The average Bonchev–Trinajstić information content (AvgIpc) is 2.98. The molecule has 2 fully saturated rings. The third kappa shape index (κ3) is 1.36. The molecule has 1 saturated heterocycles. The number of carboxylic acid groups (broad SMARTS) is 1. The van der Waals surface area contributed by atoms with E-state index >= 15 is 0 Å². The summed E-state index contributed by atoms with van der Waals surface area (Å²) in [7, 11) is 1.48. The first-order valence-electron chi connectivity index (χ1n) is 6.22. The molecule has 0 radical (unpaired) electrons. The second-order valence-electron chi connectivity index (χ2n) is 5.49. The van der Waals surface area contributed by atoms with Gasteiger partial charge in [0.1, 0.15) is 0 Å². The quantitative estimate of drug-likeness (QED) is 0.571. The fourth-order valence-corrected chi connectivity index (χ4v) is 3.84. The molecule has 1 saturated carbocycles. The number of likely N-dealkylation sites (tertiary alicyclic amines) is 1. The summed E-state index contributed by atoms with van der Waals surface area (Å²) in [5, 5.41) is 9.34. The Kier molecular flexibility index (Phi) is 2.33. The van der Waals surface area contributed by atoms with Crippen LogP contribution in [-0.2, 0) is 14.4 Å². The molecule has 3 aliphatic rings. The van der Waals surface area contributed by atoms with Crippen LogP contribution in [0.2, 0.25) is 0 Å². The number of nitrogens with zero attached hydrogens (tertiary/aromatic N) is 1.